The number of nitrogens with one attached hydrogen (secondary N) is 2. The van der Waals surface area contributed by atoms with Crippen molar-refractivity contribution < 1.29 is 4.79 Å². The molecule has 1 amide bonds. The molecular weight excluding hydrogens is 426 g/mol. The molecule has 3 aliphatic rings. The number of anilines is 2. The van der Waals surface area contributed by atoms with Crippen molar-refractivity contribution in [1.82, 2.24) is 24.8 Å². The zero-order valence-corrected chi connectivity index (χ0v) is 20.5. The molecule has 1 aliphatic carbocycles. The van der Waals surface area contributed by atoms with Crippen LogP contribution in [-0.2, 0) is 24.1 Å². The van der Waals surface area contributed by atoms with Gasteiger partial charge in [-0.15, -0.1) is 0 Å². The highest BCUT2D eigenvalue weighted by Gasteiger charge is 2.49. The van der Waals surface area contributed by atoms with Crippen LogP contribution in [0.1, 0.15) is 56.6 Å². The molecule has 5 rings (SSSR count). The predicted molar refractivity (Wildman–Crippen MR) is 134 cm³/mol. The van der Waals surface area contributed by atoms with E-state index in [1.165, 1.54) is 30.2 Å². The maximum absolute atomic E-state index is 11.9. The molecule has 2 aromatic rings. The monoisotopic (exact) mass is 463 g/mol. The van der Waals surface area contributed by atoms with Gasteiger partial charge < -0.3 is 20.1 Å². The van der Waals surface area contributed by atoms with Crippen molar-refractivity contribution in [1.29, 1.82) is 0 Å². The summed E-state index contributed by atoms with van der Waals surface area (Å²) in [5.74, 6) is 3.47. The summed E-state index contributed by atoms with van der Waals surface area (Å²) in [4.78, 5) is 34.0. The summed E-state index contributed by atoms with van der Waals surface area (Å²) < 4.78 is 0. The molecule has 1 atom stereocenters. The number of hydrogen-bond acceptors (Lipinski definition) is 6. The Morgan fingerprint density at radius 3 is 2.82 bits per heavy atom. The number of amides is 1. The maximum Gasteiger partial charge on any atom is 0.245 e. The number of nitrogens with zero attached hydrogens (tertiary/aromatic N) is 5. The molecule has 34 heavy (non-hydrogen) atoms. The lowest BCUT2D eigenvalue weighted by atomic mass is 9.79. The van der Waals surface area contributed by atoms with E-state index in [1.807, 2.05) is 17.3 Å². The molecule has 0 bridgehead atoms. The number of aromatic amines is 1. The van der Waals surface area contributed by atoms with Crippen molar-refractivity contribution in [2.24, 2.45) is 11.3 Å². The molecular formula is C26H37N7O. The third kappa shape index (κ3) is 4.68. The van der Waals surface area contributed by atoms with Crippen LogP contribution < -0.4 is 10.2 Å². The summed E-state index contributed by atoms with van der Waals surface area (Å²) in [6.07, 6.45) is 12.5. The summed E-state index contributed by atoms with van der Waals surface area (Å²) in [5.41, 5.74) is 2.67. The van der Waals surface area contributed by atoms with E-state index in [0.29, 0.717) is 5.92 Å². The van der Waals surface area contributed by atoms with Gasteiger partial charge in [0.25, 0.3) is 0 Å². The van der Waals surface area contributed by atoms with Gasteiger partial charge in [-0.3, -0.25) is 4.79 Å². The van der Waals surface area contributed by atoms with Gasteiger partial charge in [-0.25, -0.2) is 9.97 Å². The Bertz CT molecular complexity index is 1030. The highest BCUT2D eigenvalue weighted by atomic mass is 16.2. The van der Waals surface area contributed by atoms with E-state index in [0.717, 1.165) is 75.9 Å². The molecule has 2 fully saturated rings. The van der Waals surface area contributed by atoms with Gasteiger partial charge in [0.15, 0.2) is 0 Å². The van der Waals surface area contributed by atoms with E-state index in [4.69, 9.17) is 9.97 Å². The standard InChI is InChI=1S/C26H37N7O/c1-4-23(34)33-16-26(17-33)9-12-32(15-26)25-30-21-8-6-5-7-20(21)24(31-25)29-19(13-18(2)3)14-22-27-10-11-28-22/h4,10-11,18-19H,1,5-9,12-17H2,2-3H3,(H,27,28)(H,29,30,31). The highest BCUT2D eigenvalue weighted by molar-refractivity contribution is 5.87. The van der Waals surface area contributed by atoms with Crippen LogP contribution in [0.2, 0.25) is 0 Å². The Labute approximate surface area is 202 Å². The largest absolute Gasteiger partial charge is 0.366 e. The zero-order valence-electron chi connectivity index (χ0n) is 20.5. The Hall–Kier alpha value is -2.90. The van der Waals surface area contributed by atoms with Crippen LogP contribution in [0.4, 0.5) is 11.8 Å². The van der Waals surface area contributed by atoms with E-state index in [-0.39, 0.29) is 17.4 Å². The van der Waals surface area contributed by atoms with Crippen molar-refractivity contribution in [2.45, 2.75) is 64.8 Å². The number of aryl methyl sites for hydroxylation is 1. The lowest BCUT2D eigenvalue weighted by Crippen LogP contribution is -2.59. The van der Waals surface area contributed by atoms with E-state index in [9.17, 15) is 4.79 Å². The number of rotatable bonds is 8. The highest BCUT2D eigenvalue weighted by Crippen LogP contribution is 2.41. The van der Waals surface area contributed by atoms with Gasteiger partial charge in [0.2, 0.25) is 11.9 Å². The Balaban J connectivity index is 1.36. The second-order valence-electron chi connectivity index (χ2n) is 10.8. The molecule has 0 aromatic carbocycles. The first-order valence-electron chi connectivity index (χ1n) is 12.8. The fourth-order valence-electron chi connectivity index (χ4n) is 5.85. The second-order valence-corrected chi connectivity index (χ2v) is 10.8. The number of H-pyrrole nitrogens is 1. The van der Waals surface area contributed by atoms with Crippen LogP contribution in [0.15, 0.2) is 25.0 Å². The number of aromatic nitrogens is 4. The number of likely N-dealkylation sites (tertiary alicyclic amines) is 1. The van der Waals surface area contributed by atoms with E-state index in [1.54, 1.807) is 0 Å². The topological polar surface area (TPSA) is 90.0 Å². The minimum Gasteiger partial charge on any atom is -0.366 e. The van der Waals surface area contributed by atoms with Gasteiger partial charge in [0, 0.05) is 62.0 Å². The summed E-state index contributed by atoms with van der Waals surface area (Å²) >= 11 is 0. The van der Waals surface area contributed by atoms with Crippen LogP contribution in [0.25, 0.3) is 0 Å². The molecule has 2 aliphatic heterocycles. The molecule has 4 heterocycles. The minimum atomic E-state index is 0.0355. The molecule has 8 nitrogen and oxygen atoms in total. The molecule has 1 spiro atoms. The molecule has 2 saturated heterocycles. The molecule has 182 valence electrons. The average Bonchev–Trinajstić information content (AvgIpc) is 3.47. The number of imidazole rings is 1. The SMILES string of the molecule is C=CC(=O)N1CC2(CCN(c3nc4c(c(NC(Cc5ncc[nH]5)CC(C)C)n3)CCCC4)C2)C1. The van der Waals surface area contributed by atoms with E-state index < -0.39 is 0 Å². The molecule has 2 aromatic heterocycles. The van der Waals surface area contributed by atoms with Crippen LogP contribution in [-0.4, -0.2) is 63.0 Å². The van der Waals surface area contributed by atoms with Crippen molar-refractivity contribution in [3.05, 3.63) is 42.1 Å². The van der Waals surface area contributed by atoms with Gasteiger partial charge in [-0.2, -0.15) is 4.98 Å². The number of fused-ring (bicyclic) bond motifs is 1. The maximum atomic E-state index is 11.9. The summed E-state index contributed by atoms with van der Waals surface area (Å²) in [7, 11) is 0. The summed E-state index contributed by atoms with van der Waals surface area (Å²) in [6.45, 7) is 11.6. The first-order chi connectivity index (χ1) is 16.4. The van der Waals surface area contributed by atoms with Crippen LogP contribution >= 0.6 is 0 Å². The molecule has 2 N–H and O–H groups in total. The van der Waals surface area contributed by atoms with Gasteiger partial charge in [-0.05, 0) is 50.5 Å². The van der Waals surface area contributed by atoms with E-state index >= 15 is 0 Å². The lowest BCUT2D eigenvalue weighted by molar-refractivity contribution is -0.136. The fraction of sp³-hybridized carbons (Fsp3) is 0.615. The summed E-state index contributed by atoms with van der Waals surface area (Å²) in [6, 6.07) is 0.259. The third-order valence-electron chi connectivity index (χ3n) is 7.52. The lowest BCUT2D eigenvalue weighted by Gasteiger charge is -2.47. The smallest absolute Gasteiger partial charge is 0.245 e. The Morgan fingerprint density at radius 1 is 1.26 bits per heavy atom. The van der Waals surface area contributed by atoms with Crippen molar-refractivity contribution >= 4 is 17.7 Å². The second kappa shape index (κ2) is 9.39. The molecule has 8 heteroatoms. The third-order valence-corrected chi connectivity index (χ3v) is 7.52. The van der Waals surface area contributed by atoms with Crippen LogP contribution in [0.3, 0.4) is 0 Å². The molecule has 1 unspecified atom stereocenters. The number of carbonyl (C=O) groups excluding carboxylic acids is 1. The quantitative estimate of drug-likeness (QED) is 0.584. The van der Waals surface area contributed by atoms with Gasteiger partial charge >= 0.3 is 0 Å². The summed E-state index contributed by atoms with van der Waals surface area (Å²) in [5, 5.41) is 3.82. The van der Waals surface area contributed by atoms with Gasteiger partial charge in [0.1, 0.15) is 11.6 Å². The number of carbonyl (C=O) groups is 1. The molecule has 0 saturated carbocycles. The van der Waals surface area contributed by atoms with E-state index in [2.05, 4.69) is 40.6 Å². The zero-order chi connectivity index (χ0) is 23.7. The van der Waals surface area contributed by atoms with Crippen molar-refractivity contribution in [3.63, 3.8) is 0 Å². The predicted octanol–water partition coefficient (Wildman–Crippen LogP) is 3.37. The van der Waals surface area contributed by atoms with Gasteiger partial charge in [-0.1, -0.05) is 20.4 Å². The normalized spacial score (nSPS) is 19.7. The molecule has 0 radical (unpaired) electrons. The van der Waals surface area contributed by atoms with Crippen LogP contribution in [0, 0.1) is 11.3 Å². The van der Waals surface area contributed by atoms with Gasteiger partial charge in [0.05, 0.1) is 5.69 Å². The Morgan fingerprint density at radius 2 is 2.09 bits per heavy atom. The van der Waals surface area contributed by atoms with Crippen molar-refractivity contribution in [2.75, 3.05) is 36.4 Å². The fourth-order valence-corrected chi connectivity index (χ4v) is 5.85. The number of hydrogen-bond donors (Lipinski definition) is 2. The minimum absolute atomic E-state index is 0.0355. The van der Waals surface area contributed by atoms with Crippen molar-refractivity contribution in [3.8, 4) is 0 Å². The first-order valence-corrected chi connectivity index (χ1v) is 12.8. The average molecular weight is 464 g/mol. The Kier molecular flexibility index (Phi) is 6.32. The first kappa shape index (κ1) is 22.9. The van der Waals surface area contributed by atoms with Crippen LogP contribution in [0.5, 0.6) is 0 Å².